The predicted octanol–water partition coefficient (Wildman–Crippen LogP) is 2.94. The zero-order chi connectivity index (χ0) is 15.8. The van der Waals surface area contributed by atoms with Gasteiger partial charge in [-0.25, -0.2) is 4.79 Å². The molecule has 1 atom stereocenters. The van der Waals surface area contributed by atoms with Crippen LogP contribution in [0, 0.1) is 17.2 Å². The zero-order valence-corrected chi connectivity index (χ0v) is 13.1. The van der Waals surface area contributed by atoms with Crippen molar-refractivity contribution in [3.05, 3.63) is 28.2 Å². The van der Waals surface area contributed by atoms with Gasteiger partial charge in [-0.15, -0.1) is 0 Å². The van der Waals surface area contributed by atoms with Gasteiger partial charge in [0.05, 0.1) is 17.2 Å². The number of nitrogens with one attached hydrogen (secondary N) is 2. The Balaban J connectivity index is 2.62. The van der Waals surface area contributed by atoms with Crippen LogP contribution in [0.5, 0.6) is 0 Å². The second kappa shape index (κ2) is 8.27. The number of anilines is 1. The molecule has 0 aliphatic rings. The minimum atomic E-state index is -0.932. The van der Waals surface area contributed by atoms with Gasteiger partial charge in [0.15, 0.2) is 0 Å². The second-order valence-electron chi connectivity index (χ2n) is 4.46. The standard InChI is InChI=1S/C14H16BrN3O3/c1-2-3-9(13(19)20)8-17-14(21)18-12-5-4-11(15)6-10(12)7-16/h4-6,9H,2-3,8H2,1H3,(H,19,20)(H2,17,18,21). The number of nitrogens with zero attached hydrogens (tertiary/aromatic N) is 1. The van der Waals surface area contributed by atoms with Crippen molar-refractivity contribution < 1.29 is 14.7 Å². The molecule has 7 heteroatoms. The lowest BCUT2D eigenvalue weighted by molar-refractivity contribution is -0.141. The van der Waals surface area contributed by atoms with E-state index in [4.69, 9.17) is 10.4 Å². The van der Waals surface area contributed by atoms with E-state index < -0.39 is 17.9 Å². The molecule has 0 aliphatic heterocycles. The average molecular weight is 354 g/mol. The van der Waals surface area contributed by atoms with Crippen molar-refractivity contribution in [1.82, 2.24) is 5.32 Å². The molecule has 1 aromatic carbocycles. The molecule has 6 nitrogen and oxygen atoms in total. The highest BCUT2D eigenvalue weighted by atomic mass is 79.9. The summed E-state index contributed by atoms with van der Waals surface area (Å²) in [7, 11) is 0. The Morgan fingerprint density at radius 2 is 2.19 bits per heavy atom. The Bertz CT molecular complexity index is 569. The lowest BCUT2D eigenvalue weighted by atomic mass is 10.0. The number of aliphatic carboxylic acids is 1. The summed E-state index contributed by atoms with van der Waals surface area (Å²) in [4.78, 5) is 22.7. The number of carboxylic acid groups (broad SMARTS) is 1. The molecule has 112 valence electrons. The number of carboxylic acids is 1. The number of hydrogen-bond acceptors (Lipinski definition) is 3. The van der Waals surface area contributed by atoms with E-state index in [2.05, 4.69) is 26.6 Å². The van der Waals surface area contributed by atoms with Crippen LogP contribution in [0.4, 0.5) is 10.5 Å². The molecular weight excluding hydrogens is 338 g/mol. The number of carbonyl (C=O) groups excluding carboxylic acids is 1. The Kier molecular flexibility index (Phi) is 6.69. The van der Waals surface area contributed by atoms with Gasteiger partial charge in [0.2, 0.25) is 0 Å². The first-order chi connectivity index (χ1) is 9.97. The van der Waals surface area contributed by atoms with Crippen LogP contribution in [0.25, 0.3) is 0 Å². The molecule has 0 aromatic heterocycles. The first kappa shape index (κ1) is 17.0. The Hall–Kier alpha value is -2.07. The van der Waals surface area contributed by atoms with Gasteiger partial charge < -0.3 is 15.7 Å². The molecule has 2 amide bonds. The quantitative estimate of drug-likeness (QED) is 0.731. The molecule has 1 unspecified atom stereocenters. The van der Waals surface area contributed by atoms with E-state index in [1.165, 1.54) is 0 Å². The summed E-state index contributed by atoms with van der Waals surface area (Å²) in [5.41, 5.74) is 0.698. The van der Waals surface area contributed by atoms with Gasteiger partial charge >= 0.3 is 12.0 Å². The fourth-order valence-electron chi connectivity index (χ4n) is 1.76. The SMILES string of the molecule is CCCC(CNC(=O)Nc1ccc(Br)cc1C#N)C(=O)O. The van der Waals surface area contributed by atoms with E-state index in [0.717, 1.165) is 10.9 Å². The molecule has 0 fully saturated rings. The number of urea groups is 1. The maximum absolute atomic E-state index is 11.8. The number of hydrogen-bond donors (Lipinski definition) is 3. The monoisotopic (exact) mass is 353 g/mol. The third kappa shape index (κ3) is 5.44. The number of carbonyl (C=O) groups is 2. The normalized spacial score (nSPS) is 11.3. The Morgan fingerprint density at radius 1 is 1.48 bits per heavy atom. The summed E-state index contributed by atoms with van der Waals surface area (Å²) in [5.74, 6) is -1.54. The molecule has 0 spiro atoms. The van der Waals surface area contributed by atoms with Gasteiger partial charge in [0, 0.05) is 11.0 Å². The maximum atomic E-state index is 11.8. The van der Waals surface area contributed by atoms with Crippen LogP contribution >= 0.6 is 15.9 Å². The third-order valence-corrected chi connectivity index (χ3v) is 3.34. The molecule has 1 rings (SSSR count). The van der Waals surface area contributed by atoms with Crippen LogP contribution < -0.4 is 10.6 Å². The minimum absolute atomic E-state index is 0.0490. The van der Waals surface area contributed by atoms with Crippen molar-refractivity contribution in [1.29, 1.82) is 5.26 Å². The van der Waals surface area contributed by atoms with Crippen LogP contribution in [0.3, 0.4) is 0 Å². The largest absolute Gasteiger partial charge is 0.481 e. The van der Waals surface area contributed by atoms with Crippen LogP contribution in [0.2, 0.25) is 0 Å². The Morgan fingerprint density at radius 3 is 2.76 bits per heavy atom. The van der Waals surface area contributed by atoms with Crippen molar-refractivity contribution >= 4 is 33.6 Å². The van der Waals surface area contributed by atoms with Gasteiger partial charge in [0.1, 0.15) is 6.07 Å². The number of amides is 2. The zero-order valence-electron chi connectivity index (χ0n) is 11.5. The van der Waals surface area contributed by atoms with E-state index in [1.807, 2.05) is 13.0 Å². The number of halogens is 1. The second-order valence-corrected chi connectivity index (χ2v) is 5.38. The van der Waals surface area contributed by atoms with Crippen molar-refractivity contribution in [3.63, 3.8) is 0 Å². The summed E-state index contributed by atoms with van der Waals surface area (Å²) >= 11 is 3.24. The van der Waals surface area contributed by atoms with E-state index in [-0.39, 0.29) is 6.54 Å². The molecule has 0 heterocycles. The highest BCUT2D eigenvalue weighted by Gasteiger charge is 2.17. The van der Waals surface area contributed by atoms with Crippen molar-refractivity contribution in [2.75, 3.05) is 11.9 Å². The van der Waals surface area contributed by atoms with Gasteiger partial charge in [-0.3, -0.25) is 4.79 Å². The first-order valence-electron chi connectivity index (χ1n) is 6.45. The summed E-state index contributed by atoms with van der Waals surface area (Å²) in [6, 6.07) is 6.34. The van der Waals surface area contributed by atoms with E-state index in [1.54, 1.807) is 18.2 Å². The molecule has 0 saturated heterocycles. The third-order valence-electron chi connectivity index (χ3n) is 2.85. The predicted molar refractivity (Wildman–Crippen MR) is 81.9 cm³/mol. The molecule has 0 radical (unpaired) electrons. The molecule has 0 bridgehead atoms. The van der Waals surface area contributed by atoms with Gasteiger partial charge in [0.25, 0.3) is 0 Å². The van der Waals surface area contributed by atoms with Gasteiger partial charge in [-0.05, 0) is 24.6 Å². The molecule has 3 N–H and O–H groups in total. The lowest BCUT2D eigenvalue weighted by Crippen LogP contribution is -2.35. The van der Waals surface area contributed by atoms with Crippen LogP contribution in [-0.2, 0) is 4.79 Å². The number of benzene rings is 1. The average Bonchev–Trinajstić information content (AvgIpc) is 2.44. The number of nitriles is 1. The smallest absolute Gasteiger partial charge is 0.319 e. The van der Waals surface area contributed by atoms with Gasteiger partial charge in [-0.2, -0.15) is 5.26 Å². The fourth-order valence-corrected chi connectivity index (χ4v) is 2.12. The van der Waals surface area contributed by atoms with E-state index >= 15 is 0 Å². The topological polar surface area (TPSA) is 102 Å². The lowest BCUT2D eigenvalue weighted by Gasteiger charge is -2.13. The van der Waals surface area contributed by atoms with Crippen LogP contribution in [-0.4, -0.2) is 23.7 Å². The van der Waals surface area contributed by atoms with Crippen molar-refractivity contribution in [2.24, 2.45) is 5.92 Å². The highest BCUT2D eigenvalue weighted by Crippen LogP contribution is 2.20. The van der Waals surface area contributed by atoms with Gasteiger partial charge in [-0.1, -0.05) is 29.3 Å². The van der Waals surface area contributed by atoms with Crippen molar-refractivity contribution in [2.45, 2.75) is 19.8 Å². The fraction of sp³-hybridized carbons (Fsp3) is 0.357. The molecule has 0 aliphatic carbocycles. The van der Waals surface area contributed by atoms with Crippen LogP contribution in [0.1, 0.15) is 25.3 Å². The highest BCUT2D eigenvalue weighted by molar-refractivity contribution is 9.10. The first-order valence-corrected chi connectivity index (χ1v) is 7.24. The van der Waals surface area contributed by atoms with Crippen molar-refractivity contribution in [3.8, 4) is 6.07 Å². The van der Waals surface area contributed by atoms with E-state index in [9.17, 15) is 9.59 Å². The summed E-state index contributed by atoms with van der Waals surface area (Å²) < 4.78 is 0.735. The summed E-state index contributed by atoms with van der Waals surface area (Å²) in [5, 5.41) is 23.0. The summed E-state index contributed by atoms with van der Waals surface area (Å²) in [6.45, 7) is 1.93. The van der Waals surface area contributed by atoms with E-state index in [0.29, 0.717) is 17.7 Å². The summed E-state index contributed by atoms with van der Waals surface area (Å²) in [6.07, 6.45) is 1.23. The molecular formula is C14H16BrN3O3. The molecule has 0 saturated carbocycles. The molecule has 1 aromatic rings. The molecule has 21 heavy (non-hydrogen) atoms. The maximum Gasteiger partial charge on any atom is 0.319 e. The Labute approximate surface area is 131 Å². The minimum Gasteiger partial charge on any atom is -0.481 e. The number of rotatable bonds is 6. The van der Waals surface area contributed by atoms with Crippen LogP contribution in [0.15, 0.2) is 22.7 Å².